The van der Waals surface area contributed by atoms with Crippen molar-refractivity contribution >= 4 is 5.78 Å². The van der Waals surface area contributed by atoms with E-state index < -0.39 is 0 Å². The molecule has 4 nitrogen and oxygen atoms in total. The summed E-state index contributed by atoms with van der Waals surface area (Å²) in [5.41, 5.74) is 2.02. The van der Waals surface area contributed by atoms with E-state index in [9.17, 15) is 4.79 Å². The summed E-state index contributed by atoms with van der Waals surface area (Å²) < 4.78 is 1.97. The third-order valence-corrected chi connectivity index (χ3v) is 3.43. The van der Waals surface area contributed by atoms with Gasteiger partial charge in [0.25, 0.3) is 0 Å². The van der Waals surface area contributed by atoms with E-state index in [0.29, 0.717) is 13.1 Å². The van der Waals surface area contributed by atoms with Crippen molar-refractivity contribution in [3.63, 3.8) is 0 Å². The van der Waals surface area contributed by atoms with Crippen LogP contribution in [0.2, 0.25) is 0 Å². The van der Waals surface area contributed by atoms with E-state index in [4.69, 9.17) is 0 Å². The Bertz CT molecular complexity index is 572. The summed E-state index contributed by atoms with van der Waals surface area (Å²) in [6.07, 6.45) is 4.68. The molecular formula is C16H21N3O. The number of hydrogen-bond donors (Lipinski definition) is 0. The summed E-state index contributed by atoms with van der Waals surface area (Å²) in [5.74, 6) is 1.10. The molecule has 1 heterocycles. The first-order chi connectivity index (χ1) is 9.60. The highest BCUT2D eigenvalue weighted by molar-refractivity contribution is 5.97. The monoisotopic (exact) mass is 271 g/mol. The lowest BCUT2D eigenvalue weighted by Crippen LogP contribution is -2.26. The fourth-order valence-corrected chi connectivity index (χ4v) is 2.11. The number of Topliss-reactive ketones (excluding diaryl/α,β-unsaturated/α-hetero) is 1. The molecule has 1 aromatic carbocycles. The normalized spacial score (nSPS) is 11.0. The summed E-state index contributed by atoms with van der Waals surface area (Å²) in [5, 5.41) is 0. The van der Waals surface area contributed by atoms with Gasteiger partial charge in [0.05, 0.1) is 13.1 Å². The Balaban J connectivity index is 1.94. The first-order valence-electron chi connectivity index (χ1n) is 6.87. The van der Waals surface area contributed by atoms with Gasteiger partial charge in [0, 0.05) is 25.0 Å². The van der Waals surface area contributed by atoms with Crippen LogP contribution in [0.4, 0.5) is 0 Å². The molecule has 0 aliphatic rings. The van der Waals surface area contributed by atoms with Crippen LogP contribution in [0.5, 0.6) is 0 Å². The Morgan fingerprint density at radius 3 is 2.55 bits per heavy atom. The van der Waals surface area contributed by atoms with Gasteiger partial charge in [-0.1, -0.05) is 31.2 Å². The number of carbonyl (C=O) groups is 1. The van der Waals surface area contributed by atoms with Gasteiger partial charge in [-0.2, -0.15) is 0 Å². The number of nitrogens with zero attached hydrogens (tertiary/aromatic N) is 3. The molecule has 0 spiro atoms. The maximum Gasteiger partial charge on any atom is 0.176 e. The fraction of sp³-hybridized carbons (Fsp3) is 0.375. The van der Waals surface area contributed by atoms with E-state index in [1.54, 1.807) is 6.20 Å². The highest BCUT2D eigenvalue weighted by Gasteiger charge is 2.11. The second-order valence-electron chi connectivity index (χ2n) is 5.10. The molecule has 20 heavy (non-hydrogen) atoms. The van der Waals surface area contributed by atoms with Gasteiger partial charge in [0.15, 0.2) is 5.78 Å². The molecule has 0 aliphatic heterocycles. The molecule has 2 rings (SSSR count). The van der Waals surface area contributed by atoms with Gasteiger partial charge in [-0.05, 0) is 19.0 Å². The summed E-state index contributed by atoms with van der Waals surface area (Å²) in [7, 11) is 3.90. The molecule has 0 amide bonds. The van der Waals surface area contributed by atoms with Crippen molar-refractivity contribution in [2.24, 2.45) is 7.05 Å². The van der Waals surface area contributed by atoms with Crippen LogP contribution in [0.1, 0.15) is 28.7 Å². The van der Waals surface area contributed by atoms with Gasteiger partial charge in [-0.3, -0.25) is 9.69 Å². The number of benzene rings is 1. The Morgan fingerprint density at radius 2 is 2.00 bits per heavy atom. The zero-order chi connectivity index (χ0) is 14.5. The zero-order valence-corrected chi connectivity index (χ0v) is 12.3. The molecule has 0 atom stereocenters. The standard InChI is InChI=1S/C16H21N3O/c1-4-13-5-7-14(8-6-13)15(20)11-18(2)12-16-17-9-10-19(16)3/h5-10H,4,11-12H2,1-3H3. The van der Waals surface area contributed by atoms with Crippen LogP contribution in [-0.2, 0) is 20.0 Å². The summed E-state index contributed by atoms with van der Waals surface area (Å²) in [4.78, 5) is 18.5. The van der Waals surface area contributed by atoms with Crippen molar-refractivity contribution in [1.29, 1.82) is 0 Å². The van der Waals surface area contributed by atoms with Crippen LogP contribution in [0.25, 0.3) is 0 Å². The predicted molar refractivity (Wildman–Crippen MR) is 79.7 cm³/mol. The van der Waals surface area contributed by atoms with Crippen LogP contribution in [0.3, 0.4) is 0 Å². The van der Waals surface area contributed by atoms with Crippen molar-refractivity contribution in [3.05, 3.63) is 53.6 Å². The summed E-state index contributed by atoms with van der Waals surface area (Å²) in [6, 6.07) is 7.86. The van der Waals surface area contributed by atoms with Crippen LogP contribution in [-0.4, -0.2) is 33.8 Å². The van der Waals surface area contributed by atoms with Crippen molar-refractivity contribution in [1.82, 2.24) is 14.5 Å². The minimum atomic E-state index is 0.143. The minimum Gasteiger partial charge on any atom is -0.337 e. The van der Waals surface area contributed by atoms with E-state index in [2.05, 4.69) is 11.9 Å². The number of aryl methyl sites for hydroxylation is 2. The third-order valence-electron chi connectivity index (χ3n) is 3.43. The average Bonchev–Trinajstić information content (AvgIpc) is 2.84. The number of rotatable bonds is 6. The van der Waals surface area contributed by atoms with Gasteiger partial charge in [0.1, 0.15) is 5.82 Å². The molecule has 4 heteroatoms. The van der Waals surface area contributed by atoms with Crippen LogP contribution in [0, 0.1) is 0 Å². The minimum absolute atomic E-state index is 0.143. The first-order valence-corrected chi connectivity index (χ1v) is 6.87. The Morgan fingerprint density at radius 1 is 1.30 bits per heavy atom. The lowest BCUT2D eigenvalue weighted by molar-refractivity contribution is 0.0941. The maximum absolute atomic E-state index is 12.2. The average molecular weight is 271 g/mol. The molecule has 1 aromatic heterocycles. The number of likely N-dealkylation sites (N-methyl/N-ethyl adjacent to an activating group) is 1. The highest BCUT2D eigenvalue weighted by Crippen LogP contribution is 2.07. The second-order valence-corrected chi connectivity index (χ2v) is 5.10. The molecule has 0 unspecified atom stereocenters. The van der Waals surface area contributed by atoms with E-state index >= 15 is 0 Å². The molecular weight excluding hydrogens is 250 g/mol. The van der Waals surface area contributed by atoms with Crippen molar-refractivity contribution < 1.29 is 4.79 Å². The van der Waals surface area contributed by atoms with Gasteiger partial charge in [-0.15, -0.1) is 0 Å². The van der Waals surface area contributed by atoms with E-state index in [0.717, 1.165) is 17.8 Å². The van der Waals surface area contributed by atoms with Crippen molar-refractivity contribution in [2.75, 3.05) is 13.6 Å². The van der Waals surface area contributed by atoms with E-state index in [-0.39, 0.29) is 5.78 Å². The molecule has 0 aliphatic carbocycles. The number of carbonyl (C=O) groups excluding carboxylic acids is 1. The molecule has 0 radical (unpaired) electrons. The fourth-order valence-electron chi connectivity index (χ4n) is 2.11. The van der Waals surface area contributed by atoms with Crippen molar-refractivity contribution in [3.8, 4) is 0 Å². The van der Waals surface area contributed by atoms with Crippen LogP contribution in [0.15, 0.2) is 36.7 Å². The van der Waals surface area contributed by atoms with Crippen LogP contribution >= 0.6 is 0 Å². The lowest BCUT2D eigenvalue weighted by atomic mass is 10.1. The van der Waals surface area contributed by atoms with E-state index in [1.807, 2.05) is 54.0 Å². The maximum atomic E-state index is 12.2. The quantitative estimate of drug-likeness (QED) is 0.757. The Hall–Kier alpha value is -1.94. The Labute approximate surface area is 120 Å². The number of imidazole rings is 1. The Kier molecular flexibility index (Phi) is 4.69. The van der Waals surface area contributed by atoms with Gasteiger partial charge in [-0.25, -0.2) is 4.98 Å². The predicted octanol–water partition coefficient (Wildman–Crippen LogP) is 2.30. The highest BCUT2D eigenvalue weighted by atomic mass is 16.1. The summed E-state index contributed by atoms with van der Waals surface area (Å²) in [6.45, 7) is 3.18. The first kappa shape index (κ1) is 14.5. The third kappa shape index (κ3) is 3.54. The summed E-state index contributed by atoms with van der Waals surface area (Å²) >= 11 is 0. The topological polar surface area (TPSA) is 38.1 Å². The lowest BCUT2D eigenvalue weighted by Gasteiger charge is -2.15. The molecule has 0 fully saturated rings. The van der Waals surface area contributed by atoms with E-state index in [1.165, 1.54) is 5.56 Å². The number of aromatic nitrogens is 2. The van der Waals surface area contributed by atoms with Gasteiger partial charge >= 0.3 is 0 Å². The largest absolute Gasteiger partial charge is 0.337 e. The molecule has 0 saturated carbocycles. The van der Waals surface area contributed by atoms with Gasteiger partial charge < -0.3 is 4.57 Å². The van der Waals surface area contributed by atoms with Gasteiger partial charge in [0.2, 0.25) is 0 Å². The molecule has 2 aromatic rings. The van der Waals surface area contributed by atoms with Crippen molar-refractivity contribution in [2.45, 2.75) is 19.9 Å². The molecule has 0 saturated heterocycles. The second kappa shape index (κ2) is 6.48. The number of ketones is 1. The SMILES string of the molecule is CCc1ccc(C(=O)CN(C)Cc2nccn2C)cc1. The zero-order valence-electron chi connectivity index (χ0n) is 12.3. The molecule has 0 bridgehead atoms. The van der Waals surface area contributed by atoms with Crippen LogP contribution < -0.4 is 0 Å². The number of hydrogen-bond acceptors (Lipinski definition) is 3. The smallest absolute Gasteiger partial charge is 0.176 e. The molecule has 106 valence electrons. The molecule has 0 N–H and O–H groups in total.